The molecule has 33 heavy (non-hydrogen) atoms. The van der Waals surface area contributed by atoms with Crippen LogP contribution in [0.1, 0.15) is 50.7 Å². The molecule has 0 radical (unpaired) electrons. The number of ketones is 1. The van der Waals surface area contributed by atoms with Gasteiger partial charge in [-0.15, -0.1) is 0 Å². The van der Waals surface area contributed by atoms with Gasteiger partial charge < -0.3 is 19.5 Å². The number of ether oxygens (including phenoxy) is 3. The number of aryl methyl sites for hydroxylation is 1. The Kier molecular flexibility index (Phi) is 8.08. The van der Waals surface area contributed by atoms with E-state index in [0.29, 0.717) is 36.5 Å². The number of dihydropyridines is 1. The molecule has 1 aromatic rings. The van der Waals surface area contributed by atoms with Crippen molar-refractivity contribution >= 4 is 17.7 Å². The molecule has 0 saturated carbocycles. The van der Waals surface area contributed by atoms with Crippen LogP contribution in [0.15, 0.2) is 46.8 Å². The summed E-state index contributed by atoms with van der Waals surface area (Å²) in [6, 6.07) is 7.73. The molecule has 178 valence electrons. The van der Waals surface area contributed by atoms with E-state index in [4.69, 9.17) is 14.2 Å². The Labute approximate surface area is 195 Å². The van der Waals surface area contributed by atoms with Crippen LogP contribution >= 0.6 is 0 Å². The zero-order valence-corrected chi connectivity index (χ0v) is 20.0. The lowest BCUT2D eigenvalue weighted by Crippen LogP contribution is -2.43. The number of Topliss-reactive ketones (excluding diaryl/α,β-unsaturated/α-hetero) is 1. The van der Waals surface area contributed by atoms with Crippen molar-refractivity contribution in [3.05, 3.63) is 57.9 Å². The summed E-state index contributed by atoms with van der Waals surface area (Å²) in [5.74, 6) is -3.10. The van der Waals surface area contributed by atoms with Gasteiger partial charge >= 0.3 is 11.9 Å². The maximum Gasteiger partial charge on any atom is 0.336 e. The van der Waals surface area contributed by atoms with Crippen LogP contribution in [0, 0.1) is 18.8 Å². The van der Waals surface area contributed by atoms with Crippen molar-refractivity contribution in [2.45, 2.75) is 46.5 Å². The zero-order chi connectivity index (χ0) is 24.1. The number of allylic oxidation sites excluding steroid dienone is 3. The molecule has 2 aliphatic rings. The molecule has 0 bridgehead atoms. The molecule has 3 rings (SSSR count). The third-order valence-electron chi connectivity index (χ3n) is 6.18. The highest BCUT2D eigenvalue weighted by atomic mass is 16.6. The summed E-state index contributed by atoms with van der Waals surface area (Å²) >= 11 is 0. The Morgan fingerprint density at radius 1 is 1.09 bits per heavy atom. The van der Waals surface area contributed by atoms with E-state index in [-0.39, 0.29) is 18.3 Å². The van der Waals surface area contributed by atoms with Gasteiger partial charge in [-0.3, -0.25) is 9.59 Å². The molecule has 0 unspecified atom stereocenters. The summed E-state index contributed by atoms with van der Waals surface area (Å²) < 4.78 is 15.9. The molecule has 7 heteroatoms. The highest BCUT2D eigenvalue weighted by Crippen LogP contribution is 2.45. The Morgan fingerprint density at radius 3 is 2.42 bits per heavy atom. The molecule has 1 aliphatic carbocycles. The molecule has 1 aromatic carbocycles. The first-order valence-electron chi connectivity index (χ1n) is 11.4. The highest BCUT2D eigenvalue weighted by Gasteiger charge is 2.47. The van der Waals surface area contributed by atoms with Crippen LogP contribution in [0.2, 0.25) is 0 Å². The topological polar surface area (TPSA) is 90.9 Å². The lowest BCUT2D eigenvalue weighted by atomic mass is 9.69. The van der Waals surface area contributed by atoms with Gasteiger partial charge in [0.2, 0.25) is 0 Å². The maximum atomic E-state index is 13.6. The van der Waals surface area contributed by atoms with Gasteiger partial charge in [-0.25, -0.2) is 4.79 Å². The van der Waals surface area contributed by atoms with Gasteiger partial charge in [0, 0.05) is 29.5 Å². The molecule has 0 aromatic heterocycles. The second kappa shape index (κ2) is 10.8. The monoisotopic (exact) mass is 455 g/mol. The van der Waals surface area contributed by atoms with Gasteiger partial charge in [0.15, 0.2) is 5.78 Å². The van der Waals surface area contributed by atoms with Crippen molar-refractivity contribution in [2.75, 3.05) is 26.9 Å². The third-order valence-corrected chi connectivity index (χ3v) is 6.18. The van der Waals surface area contributed by atoms with E-state index < -0.39 is 23.8 Å². The first-order valence-corrected chi connectivity index (χ1v) is 11.4. The van der Waals surface area contributed by atoms with E-state index >= 15 is 0 Å². The van der Waals surface area contributed by atoms with E-state index in [2.05, 4.69) is 5.32 Å². The zero-order valence-electron chi connectivity index (χ0n) is 20.0. The number of nitrogens with one attached hydrogen (secondary N) is 1. The number of benzene rings is 1. The number of methoxy groups -OCH3 is 1. The molecular weight excluding hydrogens is 422 g/mol. The van der Waals surface area contributed by atoms with Crippen molar-refractivity contribution in [1.29, 1.82) is 0 Å². The summed E-state index contributed by atoms with van der Waals surface area (Å²) in [7, 11) is 1.29. The van der Waals surface area contributed by atoms with Crippen LogP contribution in [-0.2, 0) is 28.6 Å². The minimum Gasteiger partial charge on any atom is -0.468 e. The fraction of sp³-hybridized carbons (Fsp3) is 0.500. The lowest BCUT2D eigenvalue weighted by molar-refractivity contribution is -0.151. The molecule has 0 spiro atoms. The van der Waals surface area contributed by atoms with E-state index in [1.54, 1.807) is 0 Å². The predicted molar refractivity (Wildman–Crippen MR) is 123 cm³/mol. The molecule has 1 heterocycles. The molecule has 0 saturated heterocycles. The largest absolute Gasteiger partial charge is 0.468 e. The van der Waals surface area contributed by atoms with Crippen molar-refractivity contribution in [2.24, 2.45) is 11.8 Å². The first-order chi connectivity index (χ1) is 15.8. The van der Waals surface area contributed by atoms with E-state index in [1.165, 1.54) is 7.11 Å². The van der Waals surface area contributed by atoms with Gasteiger partial charge in [0.05, 0.1) is 19.3 Å². The quantitative estimate of drug-likeness (QED) is 0.364. The van der Waals surface area contributed by atoms with Crippen LogP contribution in [-0.4, -0.2) is 44.7 Å². The second-order valence-corrected chi connectivity index (χ2v) is 8.69. The molecular formula is C26H33NO6. The molecule has 1 N–H and O–H groups in total. The third kappa shape index (κ3) is 5.19. The Bertz CT molecular complexity index is 975. The average molecular weight is 456 g/mol. The van der Waals surface area contributed by atoms with Crippen molar-refractivity contribution in [3.63, 3.8) is 0 Å². The summed E-state index contributed by atoms with van der Waals surface area (Å²) in [6.45, 7) is 8.70. The normalized spacial score (nSPS) is 22.6. The Hall–Kier alpha value is -2.93. The van der Waals surface area contributed by atoms with Crippen LogP contribution < -0.4 is 5.32 Å². The van der Waals surface area contributed by atoms with Gasteiger partial charge in [0.1, 0.15) is 12.5 Å². The first kappa shape index (κ1) is 24.7. The Morgan fingerprint density at radius 2 is 1.79 bits per heavy atom. The summed E-state index contributed by atoms with van der Waals surface area (Å²) in [5.41, 5.74) is 4.08. The second-order valence-electron chi connectivity index (χ2n) is 8.69. The van der Waals surface area contributed by atoms with Crippen LogP contribution in [0.25, 0.3) is 0 Å². The molecule has 0 fully saturated rings. The average Bonchev–Trinajstić information content (AvgIpc) is 2.78. The summed E-state index contributed by atoms with van der Waals surface area (Å²) in [4.78, 5) is 39.3. The van der Waals surface area contributed by atoms with Crippen LogP contribution in [0.3, 0.4) is 0 Å². The van der Waals surface area contributed by atoms with Crippen molar-refractivity contribution in [3.8, 4) is 0 Å². The smallest absolute Gasteiger partial charge is 0.336 e. The molecule has 7 nitrogen and oxygen atoms in total. The van der Waals surface area contributed by atoms with Gasteiger partial charge in [-0.1, -0.05) is 43.7 Å². The minimum atomic E-state index is -0.901. The van der Waals surface area contributed by atoms with Crippen LogP contribution in [0.5, 0.6) is 0 Å². The molecule has 1 aliphatic heterocycles. The minimum absolute atomic E-state index is 0.123. The van der Waals surface area contributed by atoms with Gasteiger partial charge in [-0.2, -0.15) is 0 Å². The lowest BCUT2D eigenvalue weighted by Gasteiger charge is -2.38. The van der Waals surface area contributed by atoms with Crippen molar-refractivity contribution in [1.82, 2.24) is 5.32 Å². The van der Waals surface area contributed by atoms with Gasteiger partial charge in [-0.05, 0) is 38.2 Å². The van der Waals surface area contributed by atoms with Crippen LogP contribution in [0.4, 0.5) is 0 Å². The fourth-order valence-corrected chi connectivity index (χ4v) is 4.56. The SMILES string of the molecule is CCCOCCOC(=O)C1=C(C)NC2=C(C(=O)[C@H](C(=O)OC)[C@@H](C)C2)[C@@H]1c1ccc(C)cc1. The van der Waals surface area contributed by atoms with Gasteiger partial charge in [0.25, 0.3) is 0 Å². The summed E-state index contributed by atoms with van der Waals surface area (Å²) in [6.07, 6.45) is 1.39. The summed E-state index contributed by atoms with van der Waals surface area (Å²) in [5, 5.41) is 3.26. The standard InChI is InChI=1S/C26H33NO6/c1-6-11-32-12-13-33-26(30)21-17(4)27-19-14-16(3)20(25(29)31-5)24(28)23(19)22(21)18-9-7-15(2)8-10-18/h7-10,16,20,22,27H,6,11-14H2,1-5H3/t16-,20+,22+/m0/s1. The Balaban J connectivity index is 2.01. The number of hydrogen-bond acceptors (Lipinski definition) is 7. The molecule has 3 atom stereocenters. The fourth-order valence-electron chi connectivity index (χ4n) is 4.56. The van der Waals surface area contributed by atoms with E-state index in [1.807, 2.05) is 52.0 Å². The number of carbonyl (C=O) groups is 3. The molecule has 0 amide bonds. The predicted octanol–water partition coefficient (Wildman–Crippen LogP) is 3.58. The maximum absolute atomic E-state index is 13.6. The number of hydrogen-bond donors (Lipinski definition) is 1. The van der Waals surface area contributed by atoms with E-state index in [9.17, 15) is 14.4 Å². The number of carbonyl (C=O) groups excluding carboxylic acids is 3. The highest BCUT2D eigenvalue weighted by molar-refractivity contribution is 6.12. The number of esters is 2. The number of rotatable bonds is 8. The van der Waals surface area contributed by atoms with E-state index in [0.717, 1.165) is 23.2 Å². The van der Waals surface area contributed by atoms with Crippen molar-refractivity contribution < 1.29 is 28.6 Å².